The number of nitrogens with one attached hydrogen (secondary N) is 2. The topological polar surface area (TPSA) is 143 Å². The molecule has 3 aromatic rings. The predicted molar refractivity (Wildman–Crippen MR) is 152 cm³/mol. The summed E-state index contributed by atoms with van der Waals surface area (Å²) in [7, 11) is 3.64. The van der Waals surface area contributed by atoms with Crippen LogP contribution in [-0.2, 0) is 16.0 Å². The maximum atomic E-state index is 12.8. The van der Waals surface area contributed by atoms with Crippen LogP contribution in [0.3, 0.4) is 0 Å². The fraction of sp³-hybridized carbons (Fsp3) is 0.345. The molecule has 0 aliphatic carbocycles. The van der Waals surface area contributed by atoms with Crippen LogP contribution in [0.1, 0.15) is 41.4 Å². The standard InChI is InChI=1S/C29H36N6O5/c1-5-19-9-10-21(14-23(19)28(39)34(3)4)31-29-30-15-18(2)26(33-29)35-12-11-25(40-17-35)27(38)32-24(16-36)20-7-6-8-22(37)13-20/h6-15,24-25,28,36-37,39H,5,16-17H2,1-4H3,(H,32,38)(H,30,31,33). The number of phenols is 1. The minimum Gasteiger partial charge on any atom is -0.508 e. The molecule has 40 heavy (non-hydrogen) atoms. The molecule has 1 aliphatic rings. The highest BCUT2D eigenvalue weighted by molar-refractivity contribution is 5.83. The highest BCUT2D eigenvalue weighted by Crippen LogP contribution is 2.27. The summed E-state index contributed by atoms with van der Waals surface area (Å²) in [6.45, 7) is 3.68. The van der Waals surface area contributed by atoms with Crippen molar-refractivity contribution < 1.29 is 24.9 Å². The maximum Gasteiger partial charge on any atom is 0.253 e. The minimum absolute atomic E-state index is 0.0494. The first-order chi connectivity index (χ1) is 19.2. The van der Waals surface area contributed by atoms with Crippen LogP contribution in [0.25, 0.3) is 0 Å². The van der Waals surface area contributed by atoms with E-state index < -0.39 is 24.3 Å². The predicted octanol–water partition coefficient (Wildman–Crippen LogP) is 2.88. The smallest absolute Gasteiger partial charge is 0.253 e. The lowest BCUT2D eigenvalue weighted by molar-refractivity contribution is -0.131. The summed E-state index contributed by atoms with van der Waals surface area (Å²) >= 11 is 0. The fourth-order valence-corrected chi connectivity index (χ4v) is 4.39. The Balaban J connectivity index is 1.46. The monoisotopic (exact) mass is 548 g/mol. The third-order valence-electron chi connectivity index (χ3n) is 6.63. The third-order valence-corrected chi connectivity index (χ3v) is 6.63. The molecule has 3 atom stereocenters. The molecule has 5 N–H and O–H groups in total. The van der Waals surface area contributed by atoms with Gasteiger partial charge < -0.3 is 35.6 Å². The molecule has 1 aromatic heterocycles. The minimum atomic E-state index is -0.860. The van der Waals surface area contributed by atoms with Crippen molar-refractivity contribution in [2.24, 2.45) is 0 Å². The van der Waals surface area contributed by atoms with Crippen LogP contribution in [0.15, 0.2) is 60.9 Å². The van der Waals surface area contributed by atoms with Crippen molar-refractivity contribution in [3.05, 3.63) is 83.2 Å². The van der Waals surface area contributed by atoms with Gasteiger partial charge in [0.2, 0.25) is 5.95 Å². The molecule has 1 amide bonds. The molecule has 11 nitrogen and oxygen atoms in total. The van der Waals surface area contributed by atoms with Gasteiger partial charge in [0.05, 0.1) is 12.6 Å². The zero-order valence-electron chi connectivity index (χ0n) is 23.1. The maximum absolute atomic E-state index is 12.8. The number of phenolic OH excluding ortho intramolecular Hbond substituents is 1. The van der Waals surface area contributed by atoms with Gasteiger partial charge in [0.1, 0.15) is 24.5 Å². The zero-order valence-corrected chi connectivity index (χ0v) is 23.1. The molecule has 212 valence electrons. The fourth-order valence-electron chi connectivity index (χ4n) is 4.39. The van der Waals surface area contributed by atoms with Crippen LogP contribution in [0.5, 0.6) is 5.75 Å². The molecule has 11 heteroatoms. The lowest BCUT2D eigenvalue weighted by Gasteiger charge is -2.29. The number of rotatable bonds is 10. The third kappa shape index (κ3) is 6.75. The van der Waals surface area contributed by atoms with Crippen molar-refractivity contribution in [2.75, 3.05) is 37.6 Å². The molecule has 0 bridgehead atoms. The summed E-state index contributed by atoms with van der Waals surface area (Å²) in [5.74, 6) is 0.624. The number of carbonyl (C=O) groups is 1. The number of hydrogen-bond donors (Lipinski definition) is 5. The number of nitrogens with zero attached hydrogens (tertiary/aromatic N) is 4. The molecule has 0 saturated heterocycles. The number of aliphatic hydroxyl groups is 2. The first-order valence-electron chi connectivity index (χ1n) is 13.0. The van der Waals surface area contributed by atoms with Crippen molar-refractivity contribution in [2.45, 2.75) is 38.6 Å². The SMILES string of the molecule is CCc1ccc(Nc2ncc(C)c(N3C=CC(C(=O)NC(CO)c4cccc(O)c4)OC3)n2)cc1C(O)N(C)C. The van der Waals surface area contributed by atoms with Crippen molar-refractivity contribution >= 4 is 23.4 Å². The Morgan fingerprint density at radius 3 is 2.70 bits per heavy atom. The van der Waals surface area contributed by atoms with Crippen molar-refractivity contribution in [1.82, 2.24) is 20.2 Å². The number of aryl methyl sites for hydroxylation is 2. The second kappa shape index (κ2) is 12.9. The molecule has 0 spiro atoms. The molecular formula is C29H36N6O5. The molecule has 3 unspecified atom stereocenters. The van der Waals surface area contributed by atoms with Gasteiger partial charge in [0, 0.05) is 29.2 Å². The molecule has 2 aromatic carbocycles. The number of hydrogen-bond acceptors (Lipinski definition) is 10. The van der Waals surface area contributed by atoms with E-state index in [0.717, 1.165) is 28.8 Å². The van der Waals surface area contributed by atoms with Gasteiger partial charge >= 0.3 is 0 Å². The Bertz CT molecular complexity index is 1360. The van der Waals surface area contributed by atoms with Crippen molar-refractivity contribution in [3.63, 3.8) is 0 Å². The van der Waals surface area contributed by atoms with Gasteiger partial charge in [-0.1, -0.05) is 25.1 Å². The number of benzene rings is 2. The summed E-state index contributed by atoms with van der Waals surface area (Å²) in [5, 5.41) is 36.1. The quantitative estimate of drug-likeness (QED) is 0.240. The highest BCUT2D eigenvalue weighted by Gasteiger charge is 2.25. The average Bonchev–Trinajstić information content (AvgIpc) is 2.96. The molecule has 0 radical (unpaired) electrons. The van der Waals surface area contributed by atoms with Crippen molar-refractivity contribution in [1.29, 1.82) is 0 Å². The van der Waals surface area contributed by atoms with E-state index in [9.17, 15) is 20.1 Å². The van der Waals surface area contributed by atoms with E-state index in [1.165, 1.54) is 12.1 Å². The first-order valence-corrected chi connectivity index (χ1v) is 13.0. The summed E-state index contributed by atoms with van der Waals surface area (Å²) in [5.41, 5.74) is 4.01. The second-order valence-electron chi connectivity index (χ2n) is 9.80. The van der Waals surface area contributed by atoms with Crippen LogP contribution in [-0.4, -0.2) is 69.6 Å². The summed E-state index contributed by atoms with van der Waals surface area (Å²) in [6, 6.07) is 11.5. The number of ether oxygens (including phenoxy) is 1. The van der Waals surface area contributed by atoms with Gasteiger partial charge in [0.25, 0.3) is 5.91 Å². The Kier molecular flexibility index (Phi) is 9.33. The number of anilines is 3. The van der Waals surface area contributed by atoms with Gasteiger partial charge in [-0.3, -0.25) is 9.69 Å². The molecule has 4 rings (SSSR count). The lowest BCUT2D eigenvalue weighted by atomic mass is 10.0. The van der Waals surface area contributed by atoms with E-state index in [-0.39, 0.29) is 19.1 Å². The van der Waals surface area contributed by atoms with Gasteiger partial charge in [-0.15, -0.1) is 0 Å². The normalized spacial score (nSPS) is 16.6. The number of aliphatic hydroxyl groups excluding tert-OH is 2. The van der Waals surface area contributed by atoms with E-state index in [4.69, 9.17) is 4.74 Å². The summed E-state index contributed by atoms with van der Waals surface area (Å²) in [4.78, 5) is 25.4. The van der Waals surface area contributed by atoms with Crippen molar-refractivity contribution in [3.8, 4) is 5.75 Å². The zero-order chi connectivity index (χ0) is 28.8. The first kappa shape index (κ1) is 29.0. The van der Waals surface area contributed by atoms with Crippen LogP contribution in [0.2, 0.25) is 0 Å². The van der Waals surface area contributed by atoms with E-state index in [2.05, 4.69) is 20.6 Å². The van der Waals surface area contributed by atoms with Gasteiger partial charge in [0.15, 0.2) is 6.10 Å². The Labute approximate surface area is 233 Å². The van der Waals surface area contributed by atoms with Gasteiger partial charge in [-0.25, -0.2) is 4.98 Å². The van der Waals surface area contributed by atoms with E-state index in [1.54, 1.807) is 40.4 Å². The van der Waals surface area contributed by atoms with Crippen LogP contribution in [0.4, 0.5) is 17.5 Å². The molecular weight excluding hydrogens is 512 g/mol. The summed E-state index contributed by atoms with van der Waals surface area (Å²) < 4.78 is 5.80. The largest absolute Gasteiger partial charge is 0.508 e. The van der Waals surface area contributed by atoms with Gasteiger partial charge in [-0.2, -0.15) is 4.98 Å². The highest BCUT2D eigenvalue weighted by atomic mass is 16.5. The number of amides is 1. The molecule has 2 heterocycles. The van der Waals surface area contributed by atoms with Crippen LogP contribution < -0.4 is 15.5 Å². The number of aromatic nitrogens is 2. The Hall–Kier alpha value is -4.03. The van der Waals surface area contributed by atoms with E-state index in [0.29, 0.717) is 17.3 Å². The van der Waals surface area contributed by atoms with E-state index in [1.807, 2.05) is 46.1 Å². The number of carbonyl (C=O) groups excluding carboxylic acids is 1. The molecule has 1 aliphatic heterocycles. The molecule has 0 saturated carbocycles. The van der Waals surface area contributed by atoms with Gasteiger partial charge in [-0.05, 0) is 68.9 Å². The number of aromatic hydroxyl groups is 1. The second-order valence-corrected chi connectivity index (χ2v) is 9.80. The Morgan fingerprint density at radius 1 is 1.25 bits per heavy atom. The summed E-state index contributed by atoms with van der Waals surface area (Å²) in [6.07, 6.45) is 4.25. The average molecular weight is 549 g/mol. The van der Waals surface area contributed by atoms with Crippen LogP contribution in [0, 0.1) is 6.92 Å². The van der Waals surface area contributed by atoms with Crippen LogP contribution >= 0.6 is 0 Å². The molecule has 0 fully saturated rings. The lowest BCUT2D eigenvalue weighted by Crippen LogP contribution is -2.42. The Morgan fingerprint density at radius 2 is 2.05 bits per heavy atom. The van der Waals surface area contributed by atoms with E-state index >= 15 is 0 Å².